The topological polar surface area (TPSA) is 115 Å². The van der Waals surface area contributed by atoms with Crippen molar-refractivity contribution in [1.82, 2.24) is 0 Å². The fourth-order valence-electron chi connectivity index (χ4n) is 2.04. The second-order valence-electron chi connectivity index (χ2n) is 4.55. The Hall–Kier alpha value is -3.02. The van der Waals surface area contributed by atoms with Gasteiger partial charge in [-0.3, -0.25) is 0 Å². The number of aromatic carboxylic acids is 2. The molecule has 2 aromatic carbocycles. The van der Waals surface area contributed by atoms with Gasteiger partial charge in [0.1, 0.15) is 22.6 Å². The third-order valence-corrected chi connectivity index (χ3v) is 3.02. The Balaban J connectivity index is 2.65. The monoisotopic (exact) mass is 288 g/mol. The zero-order valence-electron chi connectivity index (χ0n) is 11.0. The van der Waals surface area contributed by atoms with Crippen LogP contribution in [0.4, 0.5) is 0 Å². The van der Waals surface area contributed by atoms with Gasteiger partial charge in [-0.05, 0) is 42.3 Å². The van der Waals surface area contributed by atoms with Crippen LogP contribution in [0.1, 0.15) is 26.3 Å². The summed E-state index contributed by atoms with van der Waals surface area (Å²) in [5, 5.41) is 37.6. The third kappa shape index (κ3) is 2.64. The molecule has 0 aliphatic rings. The standard InChI is InChI=1S/C15H12O6/c1-7-4-10(13(17)11(5-7)15(20)21)8-2-3-9(14(18)19)12(16)6-8/h2-6,16-17H,1H3,(H,18,19)(H,20,21). The molecule has 0 fully saturated rings. The number of phenols is 2. The second kappa shape index (κ2) is 5.16. The summed E-state index contributed by atoms with van der Waals surface area (Å²) in [5.41, 5.74) is 0.610. The molecular weight excluding hydrogens is 276 g/mol. The molecule has 0 atom stereocenters. The highest BCUT2D eigenvalue weighted by atomic mass is 16.4. The van der Waals surface area contributed by atoms with Gasteiger partial charge in [-0.2, -0.15) is 0 Å². The van der Waals surface area contributed by atoms with Crippen LogP contribution in [0.25, 0.3) is 11.1 Å². The number of aryl methyl sites for hydroxylation is 1. The molecule has 21 heavy (non-hydrogen) atoms. The zero-order valence-corrected chi connectivity index (χ0v) is 11.0. The van der Waals surface area contributed by atoms with E-state index in [1.807, 2.05) is 0 Å². The van der Waals surface area contributed by atoms with Crippen molar-refractivity contribution in [3.63, 3.8) is 0 Å². The first-order valence-electron chi connectivity index (χ1n) is 5.95. The number of rotatable bonds is 3. The SMILES string of the molecule is Cc1cc(C(=O)O)c(O)c(-c2ccc(C(=O)O)c(O)c2)c1. The van der Waals surface area contributed by atoms with Crippen LogP contribution in [-0.2, 0) is 0 Å². The molecule has 0 amide bonds. The number of hydrogen-bond donors (Lipinski definition) is 4. The molecule has 2 aromatic rings. The molecule has 6 nitrogen and oxygen atoms in total. The molecule has 0 radical (unpaired) electrons. The molecular formula is C15H12O6. The highest BCUT2D eigenvalue weighted by molar-refractivity contribution is 5.95. The van der Waals surface area contributed by atoms with E-state index in [2.05, 4.69) is 0 Å². The lowest BCUT2D eigenvalue weighted by atomic mass is 9.97. The quantitative estimate of drug-likeness (QED) is 0.689. The number of carboxylic acid groups (broad SMARTS) is 2. The summed E-state index contributed by atoms with van der Waals surface area (Å²) in [6.07, 6.45) is 0. The maximum Gasteiger partial charge on any atom is 0.339 e. The number of aromatic hydroxyl groups is 2. The summed E-state index contributed by atoms with van der Waals surface area (Å²) < 4.78 is 0. The first-order valence-corrected chi connectivity index (χ1v) is 5.95. The number of hydrogen-bond acceptors (Lipinski definition) is 4. The highest BCUT2D eigenvalue weighted by Gasteiger charge is 2.17. The molecule has 0 aliphatic heterocycles. The van der Waals surface area contributed by atoms with Crippen LogP contribution in [0.5, 0.6) is 11.5 Å². The fraction of sp³-hybridized carbons (Fsp3) is 0.0667. The summed E-state index contributed by atoms with van der Waals surface area (Å²) in [6.45, 7) is 1.67. The van der Waals surface area contributed by atoms with Gasteiger partial charge in [-0.15, -0.1) is 0 Å². The van der Waals surface area contributed by atoms with E-state index in [4.69, 9.17) is 10.2 Å². The van der Waals surface area contributed by atoms with Crippen molar-refractivity contribution in [2.45, 2.75) is 6.92 Å². The highest BCUT2D eigenvalue weighted by Crippen LogP contribution is 2.35. The molecule has 0 saturated heterocycles. The van der Waals surface area contributed by atoms with Gasteiger partial charge in [-0.25, -0.2) is 9.59 Å². The van der Waals surface area contributed by atoms with Crippen molar-refractivity contribution < 1.29 is 30.0 Å². The van der Waals surface area contributed by atoms with E-state index in [1.54, 1.807) is 13.0 Å². The smallest absolute Gasteiger partial charge is 0.339 e. The molecule has 0 spiro atoms. The molecule has 4 N–H and O–H groups in total. The molecule has 0 saturated carbocycles. The lowest BCUT2D eigenvalue weighted by Crippen LogP contribution is -2.00. The van der Waals surface area contributed by atoms with Gasteiger partial charge in [0, 0.05) is 5.56 Å². The first-order chi connectivity index (χ1) is 9.81. The normalized spacial score (nSPS) is 10.3. The Kier molecular flexibility index (Phi) is 3.54. The largest absolute Gasteiger partial charge is 0.507 e. The summed E-state index contributed by atoms with van der Waals surface area (Å²) in [4.78, 5) is 21.9. The summed E-state index contributed by atoms with van der Waals surface area (Å²) in [5.74, 6) is -3.45. The van der Waals surface area contributed by atoms with Crippen molar-refractivity contribution in [1.29, 1.82) is 0 Å². The van der Waals surface area contributed by atoms with Gasteiger partial charge in [0.25, 0.3) is 0 Å². The van der Waals surface area contributed by atoms with Crippen LogP contribution in [0.15, 0.2) is 30.3 Å². The van der Waals surface area contributed by atoms with E-state index in [1.165, 1.54) is 24.3 Å². The van der Waals surface area contributed by atoms with E-state index in [0.717, 1.165) is 0 Å². The van der Waals surface area contributed by atoms with Gasteiger partial charge in [0.15, 0.2) is 0 Å². The van der Waals surface area contributed by atoms with E-state index >= 15 is 0 Å². The Morgan fingerprint density at radius 3 is 2.05 bits per heavy atom. The predicted molar refractivity (Wildman–Crippen MR) is 73.9 cm³/mol. The van der Waals surface area contributed by atoms with E-state index in [-0.39, 0.29) is 16.7 Å². The van der Waals surface area contributed by atoms with Crippen LogP contribution in [0.3, 0.4) is 0 Å². The molecule has 6 heteroatoms. The average molecular weight is 288 g/mol. The number of carbonyl (C=O) groups is 2. The molecule has 0 bridgehead atoms. The van der Waals surface area contributed by atoms with Crippen molar-refractivity contribution >= 4 is 11.9 Å². The molecule has 2 rings (SSSR count). The van der Waals surface area contributed by atoms with Crippen molar-refractivity contribution in [2.24, 2.45) is 0 Å². The van der Waals surface area contributed by atoms with Crippen LogP contribution in [0.2, 0.25) is 0 Å². The first kappa shape index (κ1) is 14.4. The van der Waals surface area contributed by atoms with Crippen molar-refractivity contribution in [2.75, 3.05) is 0 Å². The zero-order chi connectivity index (χ0) is 15.7. The fourth-order valence-corrected chi connectivity index (χ4v) is 2.04. The van der Waals surface area contributed by atoms with Crippen LogP contribution in [0, 0.1) is 6.92 Å². The molecule has 0 aromatic heterocycles. The average Bonchev–Trinajstić information content (AvgIpc) is 2.40. The number of benzene rings is 2. The Bertz CT molecular complexity index is 748. The molecule has 0 aliphatic carbocycles. The van der Waals surface area contributed by atoms with Crippen molar-refractivity contribution in [3.05, 3.63) is 47.0 Å². The lowest BCUT2D eigenvalue weighted by Gasteiger charge is -2.10. The van der Waals surface area contributed by atoms with Gasteiger partial charge in [0.05, 0.1) is 0 Å². The Morgan fingerprint density at radius 1 is 0.905 bits per heavy atom. The van der Waals surface area contributed by atoms with Gasteiger partial charge < -0.3 is 20.4 Å². The Labute approximate surface area is 119 Å². The number of carboxylic acids is 2. The van der Waals surface area contributed by atoms with Crippen molar-refractivity contribution in [3.8, 4) is 22.6 Å². The molecule has 0 unspecified atom stereocenters. The summed E-state index contributed by atoms with van der Waals surface area (Å²) >= 11 is 0. The van der Waals surface area contributed by atoms with Gasteiger partial charge in [0.2, 0.25) is 0 Å². The summed E-state index contributed by atoms with van der Waals surface area (Å²) in [7, 11) is 0. The van der Waals surface area contributed by atoms with Crippen LogP contribution >= 0.6 is 0 Å². The van der Waals surface area contributed by atoms with Crippen LogP contribution in [-0.4, -0.2) is 32.4 Å². The predicted octanol–water partition coefficient (Wildman–Crippen LogP) is 2.47. The third-order valence-electron chi connectivity index (χ3n) is 3.02. The second-order valence-corrected chi connectivity index (χ2v) is 4.55. The van der Waals surface area contributed by atoms with E-state index < -0.39 is 23.4 Å². The minimum Gasteiger partial charge on any atom is -0.507 e. The summed E-state index contributed by atoms with van der Waals surface area (Å²) in [6, 6.07) is 6.63. The van der Waals surface area contributed by atoms with Gasteiger partial charge >= 0.3 is 11.9 Å². The minimum atomic E-state index is -1.28. The maximum absolute atomic E-state index is 11.1. The minimum absolute atomic E-state index is 0.208. The van der Waals surface area contributed by atoms with E-state index in [9.17, 15) is 19.8 Å². The van der Waals surface area contributed by atoms with Crippen LogP contribution < -0.4 is 0 Å². The lowest BCUT2D eigenvalue weighted by molar-refractivity contribution is 0.0682. The Morgan fingerprint density at radius 2 is 1.52 bits per heavy atom. The van der Waals surface area contributed by atoms with Gasteiger partial charge in [-0.1, -0.05) is 6.07 Å². The maximum atomic E-state index is 11.1. The molecule has 0 heterocycles. The van der Waals surface area contributed by atoms with E-state index in [0.29, 0.717) is 11.1 Å². The molecule has 108 valence electrons.